The monoisotopic (exact) mass is 500 g/mol. The molecule has 1 aliphatic heterocycles. The van der Waals surface area contributed by atoms with Crippen LogP contribution in [0.25, 0.3) is 22.3 Å². The molecular weight excluding hydrogens is 476 g/mol. The van der Waals surface area contributed by atoms with E-state index in [1.165, 1.54) is 13.2 Å². The molecule has 0 saturated heterocycles. The van der Waals surface area contributed by atoms with E-state index >= 15 is 0 Å². The molecule has 0 aliphatic carbocycles. The van der Waals surface area contributed by atoms with Gasteiger partial charge in [0.15, 0.2) is 28.4 Å². The molecule has 0 bridgehead atoms. The maximum atomic E-state index is 13.1. The molecule has 0 amide bonds. The Morgan fingerprint density at radius 1 is 1.05 bits per heavy atom. The molecule has 4 aromatic rings. The summed E-state index contributed by atoms with van der Waals surface area (Å²) in [5.41, 5.74) is 1.87. The summed E-state index contributed by atoms with van der Waals surface area (Å²) in [5.74, 6) is -1.77. The number of esters is 1. The van der Waals surface area contributed by atoms with E-state index < -0.39 is 28.8 Å². The van der Waals surface area contributed by atoms with Gasteiger partial charge >= 0.3 is 5.97 Å². The van der Waals surface area contributed by atoms with Crippen molar-refractivity contribution in [2.24, 2.45) is 0 Å². The van der Waals surface area contributed by atoms with E-state index in [9.17, 15) is 19.8 Å². The fraction of sp³-hybridized carbons (Fsp3) is 0.172. The van der Waals surface area contributed by atoms with Crippen molar-refractivity contribution in [3.63, 3.8) is 0 Å². The van der Waals surface area contributed by atoms with Gasteiger partial charge in [0.2, 0.25) is 5.75 Å². The van der Waals surface area contributed by atoms with Crippen LogP contribution in [0.2, 0.25) is 0 Å². The number of fused-ring (bicyclic) bond motifs is 3. The van der Waals surface area contributed by atoms with Crippen LogP contribution in [0.4, 0.5) is 0 Å². The first-order valence-corrected chi connectivity index (χ1v) is 11.5. The highest BCUT2D eigenvalue weighted by atomic mass is 16.5. The van der Waals surface area contributed by atoms with Crippen LogP contribution in [0.3, 0.4) is 0 Å². The van der Waals surface area contributed by atoms with E-state index in [1.807, 2.05) is 13.0 Å². The van der Waals surface area contributed by atoms with Crippen LogP contribution in [-0.4, -0.2) is 29.9 Å². The quantitative estimate of drug-likeness (QED) is 0.159. The van der Waals surface area contributed by atoms with Crippen molar-refractivity contribution >= 4 is 16.9 Å². The molecule has 2 N–H and O–H groups in total. The molecule has 8 heteroatoms. The van der Waals surface area contributed by atoms with Crippen LogP contribution >= 0.6 is 0 Å². The van der Waals surface area contributed by atoms with Gasteiger partial charge in [0.05, 0.1) is 19.1 Å². The van der Waals surface area contributed by atoms with Crippen molar-refractivity contribution in [3.05, 3.63) is 88.1 Å². The largest absolute Gasteiger partial charge is 0.504 e. The number of carbonyl (C=O) groups excluding carboxylic acids is 1. The first kappa shape index (κ1) is 24.0. The Morgan fingerprint density at radius 3 is 2.51 bits per heavy atom. The van der Waals surface area contributed by atoms with Crippen LogP contribution in [0.15, 0.2) is 76.0 Å². The number of hydrogen-bond acceptors (Lipinski definition) is 8. The van der Waals surface area contributed by atoms with Gasteiger partial charge in [-0.05, 0) is 30.2 Å². The average molecular weight is 501 g/mol. The minimum Gasteiger partial charge on any atom is -0.504 e. The predicted molar refractivity (Wildman–Crippen MR) is 137 cm³/mol. The number of ether oxygens (including phenoxy) is 3. The highest BCUT2D eigenvalue weighted by molar-refractivity contribution is 5.96. The summed E-state index contributed by atoms with van der Waals surface area (Å²) >= 11 is 0. The van der Waals surface area contributed by atoms with E-state index in [4.69, 9.17) is 18.6 Å². The average Bonchev–Trinajstić information content (AvgIpc) is 2.90. The SMILES string of the molecule is C=C(C)COc1ccc([C@@H]2CC(=O)Oc3c(O)c(O)c4c(=O)cc(-c5ccccc5)oc4c32)cc1OC. The summed E-state index contributed by atoms with van der Waals surface area (Å²) in [5, 5.41) is 21.2. The lowest BCUT2D eigenvalue weighted by Crippen LogP contribution is -2.22. The molecule has 3 aromatic carbocycles. The second kappa shape index (κ2) is 9.39. The number of aromatic hydroxyl groups is 2. The zero-order valence-corrected chi connectivity index (χ0v) is 20.2. The van der Waals surface area contributed by atoms with Crippen molar-refractivity contribution < 1.29 is 33.6 Å². The van der Waals surface area contributed by atoms with Gasteiger partial charge in [-0.15, -0.1) is 0 Å². The predicted octanol–water partition coefficient (Wildman–Crippen LogP) is 5.28. The molecule has 0 unspecified atom stereocenters. The molecule has 1 aliphatic rings. The molecule has 0 spiro atoms. The molecule has 8 nitrogen and oxygen atoms in total. The van der Waals surface area contributed by atoms with Gasteiger partial charge in [-0.3, -0.25) is 9.59 Å². The Bertz CT molecular complexity index is 1600. The van der Waals surface area contributed by atoms with Crippen molar-refractivity contribution in [1.29, 1.82) is 0 Å². The van der Waals surface area contributed by atoms with E-state index in [2.05, 4.69) is 6.58 Å². The van der Waals surface area contributed by atoms with Gasteiger partial charge in [0.25, 0.3) is 0 Å². The lowest BCUT2D eigenvalue weighted by molar-refractivity contribution is -0.135. The molecule has 0 saturated carbocycles. The standard InChI is InChI=1S/C29H24O8/c1-15(2)14-35-20-10-9-17(11-22(20)34-3)18-12-23(31)37-29-24(18)28-25(26(32)27(29)33)19(30)13-21(36-28)16-7-5-4-6-8-16/h4-11,13,18,32-33H,1,12,14H2,2-3H3/t18-/m0/s1. The van der Waals surface area contributed by atoms with Crippen molar-refractivity contribution in [1.82, 2.24) is 0 Å². The zero-order chi connectivity index (χ0) is 26.3. The highest BCUT2D eigenvalue weighted by Crippen LogP contribution is 2.52. The zero-order valence-electron chi connectivity index (χ0n) is 20.2. The summed E-state index contributed by atoms with van der Waals surface area (Å²) in [7, 11) is 1.50. The normalized spacial score (nSPS) is 14.6. The second-order valence-corrected chi connectivity index (χ2v) is 8.87. The van der Waals surface area contributed by atoms with Gasteiger partial charge < -0.3 is 28.8 Å². The molecule has 1 aromatic heterocycles. The third kappa shape index (κ3) is 4.27. The molecule has 37 heavy (non-hydrogen) atoms. The molecule has 0 fully saturated rings. The van der Waals surface area contributed by atoms with Gasteiger partial charge in [0.1, 0.15) is 23.3 Å². The number of benzene rings is 3. The molecular formula is C29H24O8. The fourth-order valence-electron chi connectivity index (χ4n) is 4.46. The van der Waals surface area contributed by atoms with Crippen LogP contribution in [-0.2, 0) is 4.79 Å². The van der Waals surface area contributed by atoms with Crippen LogP contribution in [0.5, 0.6) is 28.7 Å². The van der Waals surface area contributed by atoms with Crippen LogP contribution < -0.4 is 19.6 Å². The highest BCUT2D eigenvalue weighted by Gasteiger charge is 2.37. The number of hydrogen-bond donors (Lipinski definition) is 2. The number of phenols is 2. The van der Waals surface area contributed by atoms with E-state index in [1.54, 1.807) is 42.5 Å². The number of rotatable bonds is 6. The van der Waals surface area contributed by atoms with Gasteiger partial charge in [-0.2, -0.15) is 0 Å². The second-order valence-electron chi connectivity index (χ2n) is 8.87. The Labute approximate surface area is 212 Å². The van der Waals surface area contributed by atoms with Crippen molar-refractivity contribution in [3.8, 4) is 40.1 Å². The molecule has 2 heterocycles. The maximum Gasteiger partial charge on any atom is 0.312 e. The molecule has 0 radical (unpaired) electrons. The third-order valence-corrected chi connectivity index (χ3v) is 6.17. The summed E-state index contributed by atoms with van der Waals surface area (Å²) in [4.78, 5) is 25.7. The lowest BCUT2D eigenvalue weighted by Gasteiger charge is -2.27. The molecule has 5 rings (SSSR count). The first-order chi connectivity index (χ1) is 17.8. The summed E-state index contributed by atoms with van der Waals surface area (Å²) < 4.78 is 22.8. The van der Waals surface area contributed by atoms with E-state index in [0.29, 0.717) is 29.2 Å². The summed E-state index contributed by atoms with van der Waals surface area (Å²) in [6.45, 7) is 5.98. The number of carbonyl (C=O) groups is 1. The smallest absolute Gasteiger partial charge is 0.312 e. The summed E-state index contributed by atoms with van der Waals surface area (Å²) in [6, 6.07) is 15.4. The van der Waals surface area contributed by atoms with Crippen LogP contribution in [0, 0.1) is 0 Å². The van der Waals surface area contributed by atoms with Crippen molar-refractivity contribution in [2.75, 3.05) is 13.7 Å². The Morgan fingerprint density at radius 2 is 1.81 bits per heavy atom. The summed E-state index contributed by atoms with van der Waals surface area (Å²) in [6.07, 6.45) is -0.0965. The minimum absolute atomic E-state index is 0.0238. The van der Waals surface area contributed by atoms with Gasteiger partial charge in [-0.1, -0.05) is 43.0 Å². The van der Waals surface area contributed by atoms with Crippen LogP contribution in [0.1, 0.15) is 30.4 Å². The Hall–Kier alpha value is -4.72. The van der Waals surface area contributed by atoms with E-state index in [0.717, 1.165) is 5.57 Å². The van der Waals surface area contributed by atoms with Gasteiger partial charge in [-0.25, -0.2) is 0 Å². The van der Waals surface area contributed by atoms with Gasteiger partial charge in [0, 0.05) is 17.5 Å². The van der Waals surface area contributed by atoms with E-state index in [-0.39, 0.29) is 34.5 Å². The lowest BCUT2D eigenvalue weighted by atomic mass is 9.84. The number of methoxy groups -OCH3 is 1. The molecule has 1 atom stereocenters. The molecule has 188 valence electrons. The Balaban J connectivity index is 1.75. The third-order valence-electron chi connectivity index (χ3n) is 6.17. The first-order valence-electron chi connectivity index (χ1n) is 11.5. The minimum atomic E-state index is -0.711. The number of phenolic OH excluding ortho intramolecular Hbond substituents is 2. The Kier molecular flexibility index (Phi) is 6.09. The maximum absolute atomic E-state index is 13.1. The topological polar surface area (TPSA) is 115 Å². The van der Waals surface area contributed by atoms with Crippen molar-refractivity contribution in [2.45, 2.75) is 19.3 Å². The fourth-order valence-corrected chi connectivity index (χ4v) is 4.46.